The molecule has 2 heteroatoms. The first-order chi connectivity index (χ1) is 4.70. The zero-order valence-electron chi connectivity index (χ0n) is 7.09. The summed E-state index contributed by atoms with van der Waals surface area (Å²) in [4.78, 5) is 3.93. The van der Waals surface area contributed by atoms with Crippen LogP contribution in [0.2, 0.25) is 0 Å². The summed E-state index contributed by atoms with van der Waals surface area (Å²) in [6.45, 7) is 5.90. The number of allylic oxidation sites excluding steroid dienone is 1. The fourth-order valence-corrected chi connectivity index (χ4v) is 0.551. The minimum Gasteiger partial charge on any atom is -0.475 e. The Labute approximate surface area is 62.6 Å². The third-order valence-corrected chi connectivity index (χ3v) is 0.886. The van der Waals surface area contributed by atoms with Crippen LogP contribution in [0.25, 0.3) is 0 Å². The van der Waals surface area contributed by atoms with Crippen LogP contribution < -0.4 is 0 Å². The van der Waals surface area contributed by atoms with E-state index in [1.54, 1.807) is 7.05 Å². The van der Waals surface area contributed by atoms with Gasteiger partial charge >= 0.3 is 0 Å². The molecule has 0 fully saturated rings. The third-order valence-electron chi connectivity index (χ3n) is 0.886. The quantitative estimate of drug-likeness (QED) is 0.426. The molecule has 0 N–H and O–H groups in total. The molecule has 0 aliphatic heterocycles. The number of aliphatic imine (C=N–C) groups is 1. The highest BCUT2D eigenvalue weighted by Crippen LogP contribution is 1.92. The monoisotopic (exact) mass is 141 g/mol. The van der Waals surface area contributed by atoms with Crippen LogP contribution in [0.1, 0.15) is 20.8 Å². The lowest BCUT2D eigenvalue weighted by molar-refractivity contribution is 0.230. The first kappa shape index (κ1) is 9.21. The summed E-state index contributed by atoms with van der Waals surface area (Å²) < 4.78 is 5.30. The van der Waals surface area contributed by atoms with Gasteiger partial charge in [-0.05, 0) is 26.8 Å². The predicted octanol–water partition coefficient (Wildman–Crippen LogP) is 2.02. The molecule has 0 saturated carbocycles. The molecule has 0 aromatic heterocycles. The van der Waals surface area contributed by atoms with Gasteiger partial charge in [-0.3, -0.25) is 4.99 Å². The summed E-state index contributed by atoms with van der Waals surface area (Å²) in [5.41, 5.74) is 0. The molecule has 0 amide bonds. The van der Waals surface area contributed by atoms with Crippen LogP contribution in [0, 0.1) is 0 Å². The standard InChI is InChI=1S/C8H15NO/c1-5-6-8(9-4)10-7(2)3/h5-7H,1-4H3/b6-5-,9-8?. The summed E-state index contributed by atoms with van der Waals surface area (Å²) in [6, 6.07) is 0. The maximum absolute atomic E-state index is 5.30. The highest BCUT2D eigenvalue weighted by molar-refractivity contribution is 5.87. The van der Waals surface area contributed by atoms with Gasteiger partial charge in [-0.25, -0.2) is 0 Å². The Morgan fingerprint density at radius 3 is 2.40 bits per heavy atom. The molecular weight excluding hydrogens is 126 g/mol. The van der Waals surface area contributed by atoms with Crippen LogP contribution in [0.5, 0.6) is 0 Å². The van der Waals surface area contributed by atoms with Gasteiger partial charge in [0.1, 0.15) is 0 Å². The topological polar surface area (TPSA) is 21.6 Å². The first-order valence-corrected chi connectivity index (χ1v) is 3.46. The van der Waals surface area contributed by atoms with E-state index in [2.05, 4.69) is 4.99 Å². The average molecular weight is 141 g/mol. The summed E-state index contributed by atoms with van der Waals surface area (Å²) >= 11 is 0. The van der Waals surface area contributed by atoms with Crippen molar-refractivity contribution in [3.05, 3.63) is 12.2 Å². The molecule has 0 saturated heterocycles. The fourth-order valence-electron chi connectivity index (χ4n) is 0.551. The van der Waals surface area contributed by atoms with Crippen molar-refractivity contribution in [2.45, 2.75) is 26.9 Å². The number of hydrogen-bond donors (Lipinski definition) is 0. The van der Waals surface area contributed by atoms with Crippen molar-refractivity contribution in [3.8, 4) is 0 Å². The van der Waals surface area contributed by atoms with Gasteiger partial charge in [-0.2, -0.15) is 0 Å². The lowest BCUT2D eigenvalue weighted by Crippen LogP contribution is -2.08. The van der Waals surface area contributed by atoms with Crippen LogP contribution in [-0.4, -0.2) is 19.0 Å². The number of hydrogen-bond acceptors (Lipinski definition) is 2. The molecule has 0 aromatic carbocycles. The Bertz CT molecular complexity index is 136. The van der Waals surface area contributed by atoms with Crippen LogP contribution in [0.3, 0.4) is 0 Å². The Kier molecular flexibility index (Phi) is 4.63. The Hall–Kier alpha value is -0.790. The molecule has 0 unspecified atom stereocenters. The van der Waals surface area contributed by atoms with E-state index in [1.165, 1.54) is 0 Å². The van der Waals surface area contributed by atoms with Gasteiger partial charge in [-0.1, -0.05) is 6.08 Å². The molecule has 0 spiro atoms. The SMILES string of the molecule is C/C=C\C(=NC)OC(C)C. The molecule has 0 heterocycles. The van der Waals surface area contributed by atoms with Crippen LogP contribution in [0.15, 0.2) is 17.1 Å². The molecule has 0 aromatic rings. The van der Waals surface area contributed by atoms with E-state index < -0.39 is 0 Å². The lowest BCUT2D eigenvalue weighted by atomic mass is 10.4. The van der Waals surface area contributed by atoms with E-state index >= 15 is 0 Å². The van der Waals surface area contributed by atoms with E-state index in [0.29, 0.717) is 5.90 Å². The zero-order valence-corrected chi connectivity index (χ0v) is 7.09. The minimum absolute atomic E-state index is 0.204. The number of ether oxygens (including phenoxy) is 1. The Balaban J connectivity index is 3.86. The zero-order chi connectivity index (χ0) is 7.98. The van der Waals surface area contributed by atoms with Gasteiger partial charge in [0.25, 0.3) is 0 Å². The second kappa shape index (κ2) is 5.03. The van der Waals surface area contributed by atoms with Crippen molar-refractivity contribution >= 4 is 5.90 Å². The van der Waals surface area contributed by atoms with E-state index in [9.17, 15) is 0 Å². The molecule has 0 radical (unpaired) electrons. The third kappa shape index (κ3) is 4.13. The average Bonchev–Trinajstić information content (AvgIpc) is 1.86. The highest BCUT2D eigenvalue weighted by atomic mass is 16.5. The summed E-state index contributed by atoms with van der Waals surface area (Å²) in [5.74, 6) is 0.692. The smallest absolute Gasteiger partial charge is 0.208 e. The van der Waals surface area contributed by atoms with Crippen LogP contribution >= 0.6 is 0 Å². The summed E-state index contributed by atoms with van der Waals surface area (Å²) in [6.07, 6.45) is 3.96. The highest BCUT2D eigenvalue weighted by Gasteiger charge is 1.95. The van der Waals surface area contributed by atoms with E-state index in [0.717, 1.165) is 0 Å². The summed E-state index contributed by atoms with van der Waals surface area (Å²) in [5, 5.41) is 0. The molecule has 0 atom stereocenters. The van der Waals surface area contributed by atoms with Crippen molar-refractivity contribution < 1.29 is 4.74 Å². The predicted molar refractivity (Wildman–Crippen MR) is 44.4 cm³/mol. The molecule has 10 heavy (non-hydrogen) atoms. The Morgan fingerprint density at radius 1 is 1.50 bits per heavy atom. The lowest BCUT2D eigenvalue weighted by Gasteiger charge is -2.07. The maximum atomic E-state index is 5.30. The largest absolute Gasteiger partial charge is 0.475 e. The van der Waals surface area contributed by atoms with Crippen LogP contribution in [-0.2, 0) is 4.74 Å². The van der Waals surface area contributed by atoms with Gasteiger partial charge < -0.3 is 4.74 Å². The fraction of sp³-hybridized carbons (Fsp3) is 0.625. The van der Waals surface area contributed by atoms with Crippen LogP contribution in [0.4, 0.5) is 0 Å². The number of rotatable bonds is 2. The molecule has 0 aliphatic rings. The van der Waals surface area contributed by atoms with Crippen molar-refractivity contribution in [3.63, 3.8) is 0 Å². The normalized spacial score (nSPS) is 13.1. The van der Waals surface area contributed by atoms with Gasteiger partial charge in [0, 0.05) is 7.05 Å². The first-order valence-electron chi connectivity index (χ1n) is 3.46. The molecular formula is C8H15NO. The van der Waals surface area contributed by atoms with E-state index in [1.807, 2.05) is 32.9 Å². The van der Waals surface area contributed by atoms with Gasteiger partial charge in [0.2, 0.25) is 5.90 Å². The van der Waals surface area contributed by atoms with Crippen molar-refractivity contribution in [1.29, 1.82) is 0 Å². The van der Waals surface area contributed by atoms with Crippen molar-refractivity contribution in [1.82, 2.24) is 0 Å². The van der Waals surface area contributed by atoms with E-state index in [-0.39, 0.29) is 6.10 Å². The van der Waals surface area contributed by atoms with Crippen molar-refractivity contribution in [2.24, 2.45) is 4.99 Å². The minimum atomic E-state index is 0.204. The second-order valence-electron chi connectivity index (χ2n) is 2.23. The second-order valence-corrected chi connectivity index (χ2v) is 2.23. The molecule has 0 bridgehead atoms. The summed E-state index contributed by atoms with van der Waals surface area (Å²) in [7, 11) is 1.72. The molecule has 0 aliphatic carbocycles. The van der Waals surface area contributed by atoms with E-state index in [4.69, 9.17) is 4.74 Å². The maximum Gasteiger partial charge on any atom is 0.208 e. The number of nitrogens with zero attached hydrogens (tertiary/aromatic N) is 1. The van der Waals surface area contributed by atoms with Crippen molar-refractivity contribution in [2.75, 3.05) is 7.05 Å². The molecule has 2 nitrogen and oxygen atoms in total. The van der Waals surface area contributed by atoms with Gasteiger partial charge in [-0.15, -0.1) is 0 Å². The molecule has 0 rings (SSSR count). The molecule has 58 valence electrons. The van der Waals surface area contributed by atoms with Gasteiger partial charge in [0.15, 0.2) is 0 Å². The van der Waals surface area contributed by atoms with Gasteiger partial charge in [0.05, 0.1) is 6.10 Å². The Morgan fingerprint density at radius 2 is 2.10 bits per heavy atom.